The fourth-order valence-electron chi connectivity index (χ4n) is 1.84. The molecule has 1 fully saturated rings. The van der Waals surface area contributed by atoms with Gasteiger partial charge in [-0.3, -0.25) is 9.78 Å². The molecule has 1 aromatic rings. The number of aromatic nitrogens is 1. The molecule has 94 valence electrons. The molecule has 1 saturated heterocycles. The first-order valence-electron chi connectivity index (χ1n) is 5.05. The molecule has 17 heavy (non-hydrogen) atoms. The molecule has 4 atom stereocenters. The lowest BCUT2D eigenvalue weighted by atomic mass is 10.0. The third kappa shape index (κ3) is 2.09. The Morgan fingerprint density at radius 2 is 2.06 bits per heavy atom. The maximum atomic E-state index is 13.4. The van der Waals surface area contributed by atoms with E-state index in [0.717, 1.165) is 6.07 Å². The minimum atomic E-state index is -1.35. The number of nitrogens with one attached hydrogen (secondary N) is 1. The van der Waals surface area contributed by atoms with E-state index in [1.54, 1.807) is 0 Å². The molecular weight excluding hydrogens is 233 g/mol. The normalized spacial score (nSPS) is 32.9. The van der Waals surface area contributed by atoms with Gasteiger partial charge in [-0.2, -0.15) is 4.39 Å². The Labute approximate surface area is 95.3 Å². The molecule has 0 spiro atoms. The number of aliphatic hydroxyl groups excluding tert-OH is 3. The Morgan fingerprint density at radius 1 is 1.35 bits per heavy atom. The van der Waals surface area contributed by atoms with Crippen LogP contribution in [-0.4, -0.2) is 45.2 Å². The molecule has 7 heteroatoms. The summed E-state index contributed by atoms with van der Waals surface area (Å²) in [5.41, 5.74) is -0.676. The van der Waals surface area contributed by atoms with E-state index in [0.29, 0.717) is 0 Å². The first kappa shape index (κ1) is 12.2. The summed E-state index contributed by atoms with van der Waals surface area (Å²) in [6, 6.07) is 2.27. The third-order valence-electron chi connectivity index (χ3n) is 2.75. The van der Waals surface area contributed by atoms with E-state index >= 15 is 0 Å². The number of aromatic amines is 1. The molecule has 6 nitrogen and oxygen atoms in total. The molecule has 0 amide bonds. The Bertz CT molecular complexity index is 462. The van der Waals surface area contributed by atoms with E-state index in [9.17, 15) is 19.4 Å². The van der Waals surface area contributed by atoms with Crippen molar-refractivity contribution in [1.29, 1.82) is 0 Å². The first-order chi connectivity index (χ1) is 8.04. The van der Waals surface area contributed by atoms with Gasteiger partial charge in [-0.15, -0.1) is 0 Å². The molecule has 0 aliphatic carbocycles. The highest BCUT2D eigenvalue weighted by Crippen LogP contribution is 2.33. The van der Waals surface area contributed by atoms with Gasteiger partial charge in [0, 0.05) is 11.6 Å². The van der Waals surface area contributed by atoms with Crippen molar-refractivity contribution < 1.29 is 24.4 Å². The number of hydrogen-bond acceptors (Lipinski definition) is 5. The summed E-state index contributed by atoms with van der Waals surface area (Å²) in [5, 5.41) is 28.1. The van der Waals surface area contributed by atoms with Crippen molar-refractivity contribution in [2.75, 3.05) is 6.61 Å². The first-order valence-corrected chi connectivity index (χ1v) is 5.05. The van der Waals surface area contributed by atoms with Crippen molar-refractivity contribution in [3.05, 3.63) is 34.0 Å². The van der Waals surface area contributed by atoms with Crippen molar-refractivity contribution in [3.63, 3.8) is 0 Å². The zero-order chi connectivity index (χ0) is 12.6. The van der Waals surface area contributed by atoms with Gasteiger partial charge in [-0.1, -0.05) is 0 Å². The lowest BCUT2D eigenvalue weighted by Gasteiger charge is -2.14. The minimum absolute atomic E-state index is 0.0629. The van der Waals surface area contributed by atoms with Gasteiger partial charge in [-0.05, 0) is 6.07 Å². The average Bonchev–Trinajstić information content (AvgIpc) is 2.57. The van der Waals surface area contributed by atoms with Gasteiger partial charge in [0.05, 0.1) is 6.61 Å². The van der Waals surface area contributed by atoms with Crippen LogP contribution >= 0.6 is 0 Å². The predicted octanol–water partition coefficient (Wildman–Crippen LogP) is -1.33. The second-order valence-corrected chi connectivity index (χ2v) is 3.85. The summed E-state index contributed by atoms with van der Waals surface area (Å²) in [5.74, 6) is -0.924. The lowest BCUT2D eigenvalue weighted by Crippen LogP contribution is -2.32. The van der Waals surface area contributed by atoms with Gasteiger partial charge in [0.25, 0.3) is 0 Å². The topological polar surface area (TPSA) is 103 Å². The van der Waals surface area contributed by atoms with E-state index in [1.807, 2.05) is 4.98 Å². The summed E-state index contributed by atoms with van der Waals surface area (Å²) in [6.07, 6.45) is -4.73. The molecule has 4 N–H and O–H groups in total. The van der Waals surface area contributed by atoms with Crippen LogP contribution in [0.4, 0.5) is 4.39 Å². The fourth-order valence-corrected chi connectivity index (χ4v) is 1.84. The SMILES string of the molecule is O=c1ccc([C@@H]2O[C@H](CO)C(O)C2O)c(F)[nH]1. The molecule has 1 aliphatic heterocycles. The smallest absolute Gasteiger partial charge is 0.250 e. The van der Waals surface area contributed by atoms with Crippen LogP contribution < -0.4 is 5.56 Å². The Balaban J connectivity index is 2.32. The van der Waals surface area contributed by atoms with Crippen LogP contribution in [0.5, 0.6) is 0 Å². The Morgan fingerprint density at radius 3 is 2.59 bits per heavy atom. The summed E-state index contributed by atoms with van der Waals surface area (Å²) in [7, 11) is 0. The summed E-state index contributed by atoms with van der Waals surface area (Å²) < 4.78 is 18.6. The number of halogens is 1. The quantitative estimate of drug-likeness (QED) is 0.483. The van der Waals surface area contributed by atoms with Crippen LogP contribution in [0.15, 0.2) is 16.9 Å². The molecule has 2 unspecified atom stereocenters. The number of H-pyrrole nitrogens is 1. The van der Waals surface area contributed by atoms with Crippen molar-refractivity contribution in [3.8, 4) is 0 Å². The summed E-state index contributed by atoms with van der Waals surface area (Å²) in [4.78, 5) is 12.8. The van der Waals surface area contributed by atoms with Crippen molar-refractivity contribution in [1.82, 2.24) is 4.98 Å². The maximum Gasteiger partial charge on any atom is 0.250 e. The Hall–Kier alpha value is -1.28. The fraction of sp³-hybridized carbons (Fsp3) is 0.500. The highest BCUT2D eigenvalue weighted by Gasteiger charge is 2.44. The number of aliphatic hydroxyl groups is 3. The highest BCUT2D eigenvalue weighted by atomic mass is 19.1. The van der Waals surface area contributed by atoms with Gasteiger partial charge in [0.1, 0.15) is 24.4 Å². The molecule has 0 aromatic carbocycles. The number of hydrogen-bond donors (Lipinski definition) is 4. The monoisotopic (exact) mass is 245 g/mol. The van der Waals surface area contributed by atoms with Crippen LogP contribution in [0.3, 0.4) is 0 Å². The zero-order valence-electron chi connectivity index (χ0n) is 8.71. The summed E-state index contributed by atoms with van der Waals surface area (Å²) in [6.45, 7) is -0.486. The highest BCUT2D eigenvalue weighted by molar-refractivity contribution is 5.18. The molecular formula is C10H12FNO5. The van der Waals surface area contributed by atoms with E-state index in [1.165, 1.54) is 6.07 Å². The minimum Gasteiger partial charge on any atom is -0.394 e. The van der Waals surface area contributed by atoms with Gasteiger partial charge < -0.3 is 20.1 Å². The number of ether oxygens (including phenoxy) is 1. The van der Waals surface area contributed by atoms with Crippen LogP contribution in [0.2, 0.25) is 0 Å². The van der Waals surface area contributed by atoms with E-state index in [-0.39, 0.29) is 5.56 Å². The molecule has 1 aliphatic rings. The van der Waals surface area contributed by atoms with Gasteiger partial charge in [0.15, 0.2) is 5.95 Å². The van der Waals surface area contributed by atoms with Crippen LogP contribution in [0.1, 0.15) is 11.7 Å². The van der Waals surface area contributed by atoms with Crippen LogP contribution in [0, 0.1) is 5.95 Å². The number of rotatable bonds is 2. The van der Waals surface area contributed by atoms with Crippen LogP contribution in [-0.2, 0) is 4.74 Å². The molecule has 2 heterocycles. The van der Waals surface area contributed by atoms with Gasteiger partial charge in [0.2, 0.25) is 5.56 Å². The van der Waals surface area contributed by atoms with Crippen molar-refractivity contribution in [2.45, 2.75) is 24.4 Å². The van der Waals surface area contributed by atoms with Crippen LogP contribution in [0.25, 0.3) is 0 Å². The Kier molecular flexibility index (Phi) is 3.25. The zero-order valence-corrected chi connectivity index (χ0v) is 8.71. The maximum absolute atomic E-state index is 13.4. The van der Waals surface area contributed by atoms with Gasteiger partial charge in [-0.25, -0.2) is 0 Å². The van der Waals surface area contributed by atoms with E-state index in [4.69, 9.17) is 9.84 Å². The molecule has 2 rings (SSSR count). The molecule has 0 saturated carbocycles. The van der Waals surface area contributed by atoms with E-state index in [2.05, 4.69) is 0 Å². The summed E-state index contributed by atoms with van der Waals surface area (Å²) >= 11 is 0. The number of pyridine rings is 1. The molecule has 0 bridgehead atoms. The largest absolute Gasteiger partial charge is 0.394 e. The van der Waals surface area contributed by atoms with Crippen molar-refractivity contribution in [2.24, 2.45) is 0 Å². The van der Waals surface area contributed by atoms with Crippen molar-refractivity contribution >= 4 is 0 Å². The van der Waals surface area contributed by atoms with Gasteiger partial charge >= 0.3 is 0 Å². The second-order valence-electron chi connectivity index (χ2n) is 3.85. The predicted molar refractivity (Wildman–Crippen MR) is 53.7 cm³/mol. The molecule has 1 aromatic heterocycles. The third-order valence-corrected chi connectivity index (χ3v) is 2.75. The second kappa shape index (κ2) is 4.53. The average molecular weight is 245 g/mol. The lowest BCUT2D eigenvalue weighted by molar-refractivity contribution is -0.0238. The molecule has 0 radical (unpaired) electrons. The standard InChI is InChI=1S/C10H12FNO5/c11-10-4(1-2-6(14)12-10)9-8(16)7(15)5(3-13)17-9/h1-2,5,7-9,13,15-16H,3H2,(H,12,14)/t5-,7?,8?,9+/m1/s1. The van der Waals surface area contributed by atoms with E-state index < -0.39 is 42.5 Å².